The maximum absolute atomic E-state index is 11.8. The first-order chi connectivity index (χ1) is 9.77. The molecule has 0 aromatic carbocycles. The number of carbonyl (C=O) groups is 1. The van der Waals surface area contributed by atoms with Crippen molar-refractivity contribution >= 4 is 11.7 Å². The molecule has 0 aliphatic heterocycles. The fourth-order valence-corrected chi connectivity index (χ4v) is 1.92. The molecule has 1 aromatic rings. The Labute approximate surface area is 121 Å². The molecule has 1 amide bonds. The van der Waals surface area contributed by atoms with Gasteiger partial charge in [0.05, 0.1) is 12.4 Å². The zero-order valence-electron chi connectivity index (χ0n) is 12.6. The first-order valence-corrected chi connectivity index (χ1v) is 7.62. The molecular weight excluding hydrogens is 252 g/mol. The molecule has 0 saturated heterocycles. The smallest absolute Gasteiger partial charge is 0.271 e. The molecule has 112 valence electrons. The highest BCUT2D eigenvalue weighted by molar-refractivity contribution is 5.91. The molecule has 1 aromatic heterocycles. The van der Waals surface area contributed by atoms with E-state index in [-0.39, 0.29) is 5.91 Å². The zero-order chi connectivity index (χ0) is 14.6. The lowest BCUT2D eigenvalue weighted by Gasteiger charge is -2.05. The molecule has 2 N–H and O–H groups in total. The van der Waals surface area contributed by atoms with Crippen molar-refractivity contribution in [1.82, 2.24) is 15.3 Å². The summed E-state index contributed by atoms with van der Waals surface area (Å²) >= 11 is 0. The average molecular weight is 278 g/mol. The highest BCUT2D eigenvalue weighted by Gasteiger charge is 2.06. The number of hydrogen-bond acceptors (Lipinski definition) is 4. The lowest BCUT2D eigenvalue weighted by Crippen LogP contribution is -2.25. The Morgan fingerprint density at radius 2 is 1.80 bits per heavy atom. The molecule has 0 bridgehead atoms. The van der Waals surface area contributed by atoms with Gasteiger partial charge in [0.1, 0.15) is 11.5 Å². The minimum Gasteiger partial charge on any atom is -0.369 e. The van der Waals surface area contributed by atoms with Crippen LogP contribution in [0.5, 0.6) is 0 Å². The van der Waals surface area contributed by atoms with E-state index < -0.39 is 0 Å². The number of anilines is 1. The van der Waals surface area contributed by atoms with E-state index in [1.54, 1.807) is 6.20 Å². The molecule has 0 aliphatic rings. The number of rotatable bonds is 10. The number of carbonyl (C=O) groups excluding carboxylic acids is 1. The Morgan fingerprint density at radius 3 is 2.45 bits per heavy atom. The van der Waals surface area contributed by atoms with Crippen LogP contribution in [0.1, 0.15) is 62.9 Å². The molecule has 5 nitrogen and oxygen atoms in total. The third kappa shape index (κ3) is 6.50. The molecule has 0 fully saturated rings. The van der Waals surface area contributed by atoms with Crippen LogP contribution in [0.4, 0.5) is 5.82 Å². The maximum Gasteiger partial charge on any atom is 0.271 e. The fraction of sp³-hybridized carbons (Fsp3) is 0.667. The summed E-state index contributed by atoms with van der Waals surface area (Å²) in [6, 6.07) is 0. The third-order valence-corrected chi connectivity index (χ3v) is 3.06. The summed E-state index contributed by atoms with van der Waals surface area (Å²) in [5.41, 5.74) is 0.373. The molecule has 0 saturated carbocycles. The second-order valence-electron chi connectivity index (χ2n) is 4.84. The van der Waals surface area contributed by atoms with Gasteiger partial charge in [-0.3, -0.25) is 4.79 Å². The van der Waals surface area contributed by atoms with Crippen LogP contribution in [0.15, 0.2) is 12.4 Å². The summed E-state index contributed by atoms with van der Waals surface area (Å²) in [6.45, 7) is 5.70. The van der Waals surface area contributed by atoms with Gasteiger partial charge in [0.2, 0.25) is 0 Å². The first-order valence-electron chi connectivity index (χ1n) is 7.62. The largest absolute Gasteiger partial charge is 0.369 e. The van der Waals surface area contributed by atoms with Crippen molar-refractivity contribution in [3.05, 3.63) is 18.1 Å². The van der Waals surface area contributed by atoms with E-state index in [9.17, 15) is 4.79 Å². The van der Waals surface area contributed by atoms with Crippen LogP contribution in [0.2, 0.25) is 0 Å². The van der Waals surface area contributed by atoms with Gasteiger partial charge in [-0.05, 0) is 13.3 Å². The summed E-state index contributed by atoms with van der Waals surface area (Å²) < 4.78 is 0. The molecule has 0 unspecified atom stereocenters. The van der Waals surface area contributed by atoms with Gasteiger partial charge in [-0.1, -0.05) is 39.0 Å². The summed E-state index contributed by atoms with van der Waals surface area (Å²) in [4.78, 5) is 20.0. The topological polar surface area (TPSA) is 66.9 Å². The standard InChI is InChI=1S/C15H26N4O/c1-3-5-6-7-8-9-10-17-15(20)13-11-19-14(12-18-13)16-4-2/h11-12H,3-10H2,1-2H3,(H,16,19)(H,17,20). The van der Waals surface area contributed by atoms with Gasteiger partial charge in [0.25, 0.3) is 5.91 Å². The van der Waals surface area contributed by atoms with E-state index in [1.807, 2.05) is 6.92 Å². The van der Waals surface area contributed by atoms with E-state index in [2.05, 4.69) is 27.5 Å². The molecular formula is C15H26N4O. The van der Waals surface area contributed by atoms with Crippen molar-refractivity contribution in [2.24, 2.45) is 0 Å². The number of nitrogens with one attached hydrogen (secondary N) is 2. The van der Waals surface area contributed by atoms with Gasteiger partial charge in [0.15, 0.2) is 0 Å². The molecule has 0 aliphatic carbocycles. The van der Waals surface area contributed by atoms with Gasteiger partial charge < -0.3 is 10.6 Å². The Kier molecular flexibility index (Phi) is 8.35. The van der Waals surface area contributed by atoms with Gasteiger partial charge in [-0.15, -0.1) is 0 Å². The fourth-order valence-electron chi connectivity index (χ4n) is 1.92. The monoisotopic (exact) mass is 278 g/mol. The predicted octanol–water partition coefficient (Wildman–Crippen LogP) is 3.00. The van der Waals surface area contributed by atoms with Crippen molar-refractivity contribution in [3.8, 4) is 0 Å². The van der Waals surface area contributed by atoms with Gasteiger partial charge in [0, 0.05) is 13.1 Å². The van der Waals surface area contributed by atoms with E-state index >= 15 is 0 Å². The second-order valence-corrected chi connectivity index (χ2v) is 4.84. The molecule has 0 atom stereocenters. The van der Waals surface area contributed by atoms with E-state index in [1.165, 1.54) is 38.3 Å². The summed E-state index contributed by atoms with van der Waals surface area (Å²) in [6.07, 6.45) is 10.4. The molecule has 20 heavy (non-hydrogen) atoms. The number of hydrogen-bond donors (Lipinski definition) is 2. The molecule has 0 spiro atoms. The van der Waals surface area contributed by atoms with E-state index in [0.717, 1.165) is 13.0 Å². The van der Waals surface area contributed by atoms with Crippen molar-refractivity contribution in [3.63, 3.8) is 0 Å². The quantitative estimate of drug-likeness (QED) is 0.646. The van der Waals surface area contributed by atoms with Crippen LogP contribution in [0, 0.1) is 0 Å². The van der Waals surface area contributed by atoms with Crippen molar-refractivity contribution < 1.29 is 4.79 Å². The predicted molar refractivity (Wildman–Crippen MR) is 81.9 cm³/mol. The normalized spacial score (nSPS) is 10.3. The average Bonchev–Trinajstić information content (AvgIpc) is 2.47. The second kappa shape index (κ2) is 10.2. The van der Waals surface area contributed by atoms with E-state index in [4.69, 9.17) is 0 Å². The molecule has 5 heteroatoms. The SMILES string of the molecule is CCCCCCCCNC(=O)c1cnc(NCC)cn1. The van der Waals surface area contributed by atoms with E-state index in [0.29, 0.717) is 18.1 Å². The minimum atomic E-state index is -0.144. The number of aromatic nitrogens is 2. The summed E-state index contributed by atoms with van der Waals surface area (Å²) in [7, 11) is 0. The van der Waals surface area contributed by atoms with Gasteiger partial charge in [-0.25, -0.2) is 9.97 Å². The van der Waals surface area contributed by atoms with Gasteiger partial charge in [-0.2, -0.15) is 0 Å². The summed E-state index contributed by atoms with van der Waals surface area (Å²) in [5, 5.41) is 5.92. The Hall–Kier alpha value is -1.65. The van der Waals surface area contributed by atoms with Crippen molar-refractivity contribution in [1.29, 1.82) is 0 Å². The molecule has 1 heterocycles. The number of amides is 1. The van der Waals surface area contributed by atoms with Crippen LogP contribution in [0.25, 0.3) is 0 Å². The van der Waals surface area contributed by atoms with Crippen LogP contribution in [-0.2, 0) is 0 Å². The number of nitrogens with zero attached hydrogens (tertiary/aromatic N) is 2. The maximum atomic E-state index is 11.8. The minimum absolute atomic E-state index is 0.144. The zero-order valence-corrected chi connectivity index (χ0v) is 12.6. The van der Waals surface area contributed by atoms with Crippen LogP contribution in [-0.4, -0.2) is 29.0 Å². The van der Waals surface area contributed by atoms with Crippen molar-refractivity contribution in [2.45, 2.75) is 52.4 Å². The lowest BCUT2D eigenvalue weighted by molar-refractivity contribution is 0.0947. The first kappa shape index (κ1) is 16.4. The molecule has 0 radical (unpaired) electrons. The number of unbranched alkanes of at least 4 members (excludes halogenated alkanes) is 5. The Balaban J connectivity index is 2.18. The highest BCUT2D eigenvalue weighted by Crippen LogP contribution is 2.04. The Bertz CT molecular complexity index is 378. The van der Waals surface area contributed by atoms with Crippen LogP contribution >= 0.6 is 0 Å². The Morgan fingerprint density at radius 1 is 1.05 bits per heavy atom. The third-order valence-electron chi connectivity index (χ3n) is 3.06. The van der Waals surface area contributed by atoms with Crippen molar-refractivity contribution in [2.75, 3.05) is 18.4 Å². The lowest BCUT2D eigenvalue weighted by atomic mass is 10.1. The van der Waals surface area contributed by atoms with Crippen LogP contribution < -0.4 is 10.6 Å². The van der Waals surface area contributed by atoms with Gasteiger partial charge >= 0.3 is 0 Å². The molecule has 1 rings (SSSR count). The highest BCUT2D eigenvalue weighted by atomic mass is 16.1. The summed E-state index contributed by atoms with van der Waals surface area (Å²) in [5.74, 6) is 0.550. The van der Waals surface area contributed by atoms with Crippen LogP contribution in [0.3, 0.4) is 0 Å².